The van der Waals surface area contributed by atoms with Gasteiger partial charge in [0.25, 0.3) is 0 Å². The molecule has 1 N–H and O–H groups in total. The number of hydrogen-bond acceptors (Lipinski definition) is 7. The smallest absolute Gasteiger partial charge is 0.189 e. The van der Waals surface area contributed by atoms with Gasteiger partial charge in [-0.25, -0.2) is 19.0 Å². The Hall–Kier alpha value is -1.64. The van der Waals surface area contributed by atoms with E-state index in [9.17, 15) is 4.21 Å². The maximum absolute atomic E-state index is 13.8. The second-order valence-corrected chi connectivity index (χ2v) is 10.6. The minimum absolute atomic E-state index is 0.220. The Bertz CT molecular complexity index is 946. The molecule has 0 radical (unpaired) electrons. The summed E-state index contributed by atoms with van der Waals surface area (Å²) in [6.45, 7) is 4.23. The molecule has 0 bridgehead atoms. The van der Waals surface area contributed by atoms with Gasteiger partial charge in [0.2, 0.25) is 0 Å². The summed E-state index contributed by atoms with van der Waals surface area (Å²) in [4.78, 5) is 12.3. The van der Waals surface area contributed by atoms with Crippen molar-refractivity contribution in [2.24, 2.45) is 0 Å². The molecule has 2 heterocycles. The van der Waals surface area contributed by atoms with Crippen molar-refractivity contribution in [1.82, 2.24) is 9.97 Å². The summed E-state index contributed by atoms with van der Waals surface area (Å²) in [5, 5.41) is 0.667. The molecule has 8 heteroatoms. The molecule has 1 aliphatic carbocycles. The number of aromatic nitrogens is 2. The van der Waals surface area contributed by atoms with Crippen LogP contribution in [0.25, 0.3) is 0 Å². The average molecular weight is 419 g/mol. The van der Waals surface area contributed by atoms with Crippen molar-refractivity contribution in [3.63, 3.8) is 0 Å². The fourth-order valence-electron chi connectivity index (χ4n) is 3.98. The van der Waals surface area contributed by atoms with Gasteiger partial charge in [-0.2, -0.15) is 0 Å². The van der Waals surface area contributed by atoms with Crippen LogP contribution in [0, 0.1) is 4.78 Å². The summed E-state index contributed by atoms with van der Waals surface area (Å²) in [7, 11) is -3.05. The largest absolute Gasteiger partial charge is 0.377 e. The average Bonchev–Trinajstić information content (AvgIpc) is 2.67. The van der Waals surface area contributed by atoms with Gasteiger partial charge in [0, 0.05) is 17.5 Å². The van der Waals surface area contributed by atoms with Crippen LogP contribution >= 0.6 is 11.8 Å². The SMILES string of the molecule is CSc1nc(N2CCOC[C@H]2C)cc(C2(S(=N)(=O)c3ccccc3)CCC2)n1. The van der Waals surface area contributed by atoms with Gasteiger partial charge in [0.05, 0.1) is 34.7 Å². The Kier molecular flexibility index (Phi) is 5.37. The van der Waals surface area contributed by atoms with E-state index in [1.807, 2.05) is 30.5 Å². The van der Waals surface area contributed by atoms with Gasteiger partial charge < -0.3 is 9.64 Å². The highest BCUT2D eigenvalue weighted by Gasteiger charge is 2.50. The maximum Gasteiger partial charge on any atom is 0.189 e. The number of rotatable bonds is 5. The third-order valence-electron chi connectivity index (χ3n) is 5.79. The fourth-order valence-corrected chi connectivity index (χ4v) is 6.61. The number of ether oxygens (including phenoxy) is 1. The molecule has 1 aliphatic heterocycles. The van der Waals surface area contributed by atoms with Crippen molar-refractivity contribution >= 4 is 27.3 Å². The molecule has 2 aliphatic rings. The van der Waals surface area contributed by atoms with Crippen molar-refractivity contribution < 1.29 is 8.95 Å². The Morgan fingerprint density at radius 1 is 1.29 bits per heavy atom. The highest BCUT2D eigenvalue weighted by molar-refractivity contribution is 7.98. The number of nitrogens with one attached hydrogen (secondary N) is 1. The first-order valence-corrected chi connectivity index (χ1v) is 12.4. The molecule has 28 heavy (non-hydrogen) atoms. The molecule has 6 nitrogen and oxygen atoms in total. The summed E-state index contributed by atoms with van der Waals surface area (Å²) >= 11 is 1.49. The second kappa shape index (κ2) is 7.65. The summed E-state index contributed by atoms with van der Waals surface area (Å²) in [5.74, 6) is 0.847. The number of thioether (sulfide) groups is 1. The molecule has 1 unspecified atom stereocenters. The Morgan fingerprint density at radius 2 is 2.04 bits per heavy atom. The zero-order chi connectivity index (χ0) is 19.8. The molecule has 2 atom stereocenters. The molecule has 0 amide bonds. The van der Waals surface area contributed by atoms with Crippen LogP contribution in [0.15, 0.2) is 46.5 Å². The zero-order valence-electron chi connectivity index (χ0n) is 16.3. The summed E-state index contributed by atoms with van der Waals surface area (Å²) in [5.41, 5.74) is 0.746. The lowest BCUT2D eigenvalue weighted by Crippen LogP contribution is -2.45. The van der Waals surface area contributed by atoms with E-state index >= 15 is 0 Å². The van der Waals surface area contributed by atoms with Crippen LogP contribution in [0.3, 0.4) is 0 Å². The molecular formula is C20H26N4O2S2. The first kappa shape index (κ1) is 19.7. The van der Waals surface area contributed by atoms with Crippen LogP contribution in [-0.4, -0.2) is 46.2 Å². The lowest BCUT2D eigenvalue weighted by atomic mass is 9.81. The van der Waals surface area contributed by atoms with Crippen molar-refractivity contribution in [3.8, 4) is 0 Å². The number of anilines is 1. The van der Waals surface area contributed by atoms with E-state index < -0.39 is 14.5 Å². The second-order valence-electron chi connectivity index (χ2n) is 7.43. The molecule has 1 aromatic carbocycles. The predicted octanol–water partition coefficient (Wildman–Crippen LogP) is 3.91. The molecule has 1 saturated carbocycles. The Labute approximate surface area is 171 Å². The molecule has 2 aromatic rings. The quantitative estimate of drug-likeness (QED) is 0.586. The van der Waals surface area contributed by atoms with Crippen molar-refractivity contribution in [2.75, 3.05) is 30.9 Å². The number of benzene rings is 1. The molecule has 0 spiro atoms. The normalized spacial score (nSPS) is 23.6. The van der Waals surface area contributed by atoms with Gasteiger partial charge in [-0.15, -0.1) is 0 Å². The van der Waals surface area contributed by atoms with Crippen LogP contribution in [0.1, 0.15) is 31.9 Å². The molecule has 2 fully saturated rings. The van der Waals surface area contributed by atoms with Crippen LogP contribution in [-0.2, 0) is 19.2 Å². The van der Waals surface area contributed by atoms with E-state index in [1.54, 1.807) is 12.1 Å². The predicted molar refractivity (Wildman–Crippen MR) is 113 cm³/mol. The van der Waals surface area contributed by atoms with E-state index in [1.165, 1.54) is 11.8 Å². The van der Waals surface area contributed by atoms with Gasteiger partial charge >= 0.3 is 0 Å². The molecule has 1 saturated heterocycles. The summed E-state index contributed by atoms with van der Waals surface area (Å²) in [6.07, 6.45) is 4.35. The lowest BCUT2D eigenvalue weighted by molar-refractivity contribution is 0.0984. The number of morpholine rings is 1. The van der Waals surface area contributed by atoms with Crippen LogP contribution in [0.5, 0.6) is 0 Å². The first-order chi connectivity index (χ1) is 13.5. The van der Waals surface area contributed by atoms with E-state index in [2.05, 4.69) is 11.8 Å². The first-order valence-electron chi connectivity index (χ1n) is 9.59. The minimum atomic E-state index is -3.05. The van der Waals surface area contributed by atoms with E-state index in [0.29, 0.717) is 36.1 Å². The highest BCUT2D eigenvalue weighted by atomic mass is 32.2. The third kappa shape index (κ3) is 3.21. The number of nitrogens with zero attached hydrogens (tertiary/aromatic N) is 3. The maximum atomic E-state index is 13.8. The van der Waals surface area contributed by atoms with Gasteiger partial charge in [0.15, 0.2) is 5.16 Å². The van der Waals surface area contributed by atoms with E-state index in [-0.39, 0.29) is 6.04 Å². The standard InChI is InChI=1S/C20H26N4O2S2/c1-15-14-26-12-11-24(15)18-13-17(22-19(23-18)27-2)20(9-6-10-20)28(21,25)16-7-4-3-5-8-16/h3-5,7-8,13,15,21H,6,9-12,14H2,1-2H3/t15-,28?/m1/s1. The molecular weight excluding hydrogens is 392 g/mol. The minimum Gasteiger partial charge on any atom is -0.377 e. The topological polar surface area (TPSA) is 79.2 Å². The summed E-state index contributed by atoms with van der Waals surface area (Å²) in [6, 6.07) is 11.4. The van der Waals surface area contributed by atoms with Crippen molar-refractivity contribution in [2.45, 2.75) is 47.0 Å². The Morgan fingerprint density at radius 3 is 2.64 bits per heavy atom. The van der Waals surface area contributed by atoms with Gasteiger partial charge in [-0.3, -0.25) is 0 Å². The highest BCUT2D eigenvalue weighted by Crippen LogP contribution is 2.51. The number of hydrogen-bond donors (Lipinski definition) is 1. The van der Waals surface area contributed by atoms with Crippen LogP contribution in [0.2, 0.25) is 0 Å². The Balaban J connectivity index is 1.81. The van der Waals surface area contributed by atoms with Crippen molar-refractivity contribution in [1.29, 1.82) is 4.78 Å². The van der Waals surface area contributed by atoms with Crippen molar-refractivity contribution in [3.05, 3.63) is 42.1 Å². The van der Waals surface area contributed by atoms with E-state index in [4.69, 9.17) is 19.5 Å². The van der Waals surface area contributed by atoms with Crippen LogP contribution in [0.4, 0.5) is 5.82 Å². The molecule has 150 valence electrons. The lowest BCUT2D eigenvalue weighted by Gasteiger charge is -2.43. The molecule has 4 rings (SSSR count). The zero-order valence-corrected chi connectivity index (χ0v) is 17.9. The third-order valence-corrected chi connectivity index (χ3v) is 8.99. The summed E-state index contributed by atoms with van der Waals surface area (Å²) < 4.78 is 27.6. The van der Waals surface area contributed by atoms with Gasteiger partial charge in [0.1, 0.15) is 10.6 Å². The van der Waals surface area contributed by atoms with E-state index in [0.717, 1.165) is 24.5 Å². The monoisotopic (exact) mass is 418 g/mol. The fraction of sp³-hybridized carbons (Fsp3) is 0.500. The molecule has 1 aromatic heterocycles. The van der Waals surface area contributed by atoms with Gasteiger partial charge in [-0.05, 0) is 44.6 Å². The van der Waals surface area contributed by atoms with Gasteiger partial charge in [-0.1, -0.05) is 30.0 Å². The van der Waals surface area contributed by atoms with Crippen LogP contribution < -0.4 is 4.90 Å².